The van der Waals surface area contributed by atoms with Gasteiger partial charge in [0.25, 0.3) is 0 Å². The molecule has 0 spiro atoms. The largest absolute Gasteiger partial charge is 4.00 e. The van der Waals surface area contributed by atoms with Crippen molar-refractivity contribution in [2.24, 2.45) is 0 Å². The Morgan fingerprint density at radius 1 is 0.595 bits per heavy atom. The van der Waals surface area contributed by atoms with E-state index in [9.17, 15) is 0 Å². The Morgan fingerprint density at radius 2 is 0.919 bits per heavy atom. The van der Waals surface area contributed by atoms with Crippen molar-refractivity contribution in [1.29, 1.82) is 0 Å². The summed E-state index contributed by atoms with van der Waals surface area (Å²) in [5.41, 5.74) is 14.3. The molecule has 0 atom stereocenters. The van der Waals surface area contributed by atoms with Crippen LogP contribution < -0.4 is 37.2 Å². The summed E-state index contributed by atoms with van der Waals surface area (Å²) in [6, 6.07) is 21.3. The van der Waals surface area contributed by atoms with Crippen LogP contribution in [-0.2, 0) is 27.1 Å². The first-order valence-corrected chi connectivity index (χ1v) is 12.3. The van der Waals surface area contributed by atoms with Crippen molar-refractivity contribution in [3.63, 3.8) is 0 Å². The van der Waals surface area contributed by atoms with Crippen molar-refractivity contribution in [1.82, 2.24) is 0 Å². The smallest absolute Gasteiger partial charge is 1.00 e. The van der Waals surface area contributed by atoms with Crippen LogP contribution in [0.3, 0.4) is 0 Å². The summed E-state index contributed by atoms with van der Waals surface area (Å²) >= 11 is 0. The van der Waals surface area contributed by atoms with E-state index in [4.69, 9.17) is 0 Å². The van der Waals surface area contributed by atoms with E-state index in [2.05, 4.69) is 115 Å². The van der Waals surface area contributed by atoms with Gasteiger partial charge in [0, 0.05) is 5.41 Å². The molecular weight excluding hydrogens is 551 g/mol. The third-order valence-electron chi connectivity index (χ3n) is 6.81. The van der Waals surface area contributed by atoms with Crippen LogP contribution in [0.25, 0.3) is 0 Å². The van der Waals surface area contributed by atoms with E-state index in [-0.39, 0.29) is 64.4 Å². The molecule has 0 radical (unpaired) electrons. The van der Waals surface area contributed by atoms with Gasteiger partial charge in [0.15, 0.2) is 0 Å². The summed E-state index contributed by atoms with van der Waals surface area (Å²) in [7, 11) is 0. The van der Waals surface area contributed by atoms with Crippen LogP contribution in [0, 0.1) is 47.6 Å². The zero-order valence-corrected chi connectivity index (χ0v) is 26.9. The zero-order chi connectivity index (χ0) is 23.8. The van der Waals surface area contributed by atoms with E-state index in [0.717, 1.165) is 19.3 Å². The average molecular weight is 588 g/mol. The molecule has 0 unspecified atom stereocenters. The van der Waals surface area contributed by atoms with Crippen LogP contribution in [0.15, 0.2) is 71.8 Å². The second-order valence-electron chi connectivity index (χ2n) is 10.1. The summed E-state index contributed by atoms with van der Waals surface area (Å²) in [5, 5.41) is 0. The molecule has 37 heavy (non-hydrogen) atoms. The molecule has 0 fully saturated rings. The van der Waals surface area contributed by atoms with Gasteiger partial charge in [-0.25, -0.2) is 5.57 Å². The van der Waals surface area contributed by atoms with Gasteiger partial charge < -0.3 is 37.2 Å². The van der Waals surface area contributed by atoms with E-state index in [1.807, 2.05) is 0 Å². The van der Waals surface area contributed by atoms with Gasteiger partial charge in [0.1, 0.15) is 0 Å². The van der Waals surface area contributed by atoms with E-state index >= 15 is 0 Å². The Morgan fingerprint density at radius 3 is 1.22 bits per heavy atom. The van der Waals surface area contributed by atoms with Crippen LogP contribution in [0.4, 0.5) is 0 Å². The Kier molecular flexibility index (Phi) is 14.3. The molecular formula is C33H37Cl3Ti. The van der Waals surface area contributed by atoms with Crippen molar-refractivity contribution in [2.75, 3.05) is 0 Å². The van der Waals surface area contributed by atoms with E-state index in [1.54, 1.807) is 0 Å². The molecule has 0 saturated carbocycles. The Balaban J connectivity index is 0.00000324. The maximum atomic E-state index is 3.87. The van der Waals surface area contributed by atoms with Crippen molar-refractivity contribution < 1.29 is 58.9 Å². The number of allylic oxidation sites excluding steroid dienone is 4. The van der Waals surface area contributed by atoms with Gasteiger partial charge in [-0.05, 0) is 58.2 Å². The van der Waals surface area contributed by atoms with Gasteiger partial charge in [-0.3, -0.25) is 6.08 Å². The topological polar surface area (TPSA) is 0 Å². The fourth-order valence-corrected chi connectivity index (χ4v) is 5.87. The van der Waals surface area contributed by atoms with Gasteiger partial charge >= 0.3 is 21.7 Å². The van der Waals surface area contributed by atoms with Crippen LogP contribution in [0.2, 0.25) is 0 Å². The third-order valence-corrected chi connectivity index (χ3v) is 6.81. The normalized spacial score (nSPS) is 12.3. The molecule has 0 N–H and O–H groups in total. The fourth-order valence-electron chi connectivity index (χ4n) is 5.87. The van der Waals surface area contributed by atoms with Crippen molar-refractivity contribution in [3.05, 3.63) is 128 Å². The van der Waals surface area contributed by atoms with Gasteiger partial charge in [0.2, 0.25) is 0 Å². The SMILES string of the molecule is CCCC1=CC[C-]=C1C(c1cc(C)cc(C)c1)(c1cc(C)cc(C)c1)c1cc(C)cc(C)c1.[Cl-].[Cl-].[Cl-].[Ti+4]. The molecule has 0 amide bonds. The van der Waals surface area contributed by atoms with Crippen LogP contribution in [-0.4, -0.2) is 0 Å². The van der Waals surface area contributed by atoms with E-state index < -0.39 is 0 Å². The van der Waals surface area contributed by atoms with Gasteiger partial charge in [0.05, 0.1) is 0 Å². The third kappa shape index (κ3) is 7.23. The van der Waals surface area contributed by atoms with Crippen molar-refractivity contribution in [3.8, 4) is 0 Å². The molecule has 0 aromatic heterocycles. The number of benzene rings is 3. The summed E-state index contributed by atoms with van der Waals surface area (Å²) in [4.78, 5) is 0. The molecule has 0 bridgehead atoms. The Bertz CT molecular complexity index is 1080. The van der Waals surface area contributed by atoms with E-state index in [0.29, 0.717) is 0 Å². The van der Waals surface area contributed by atoms with Crippen LogP contribution in [0.1, 0.15) is 76.3 Å². The van der Waals surface area contributed by atoms with Crippen molar-refractivity contribution in [2.45, 2.75) is 73.1 Å². The number of aryl methyl sites for hydroxylation is 6. The first kappa shape index (κ1) is 35.7. The summed E-state index contributed by atoms with van der Waals surface area (Å²) in [5.74, 6) is 0. The standard InChI is InChI=1S/C33H37.3ClH.Ti/c1-8-10-28-11-9-12-32(28)33(29-16-22(2)13-23(3)17-29,30-18-24(4)14-25(5)19-30)31-20-26(6)15-27(7)21-31;;;;/h11,13-21H,8-10H2,1-7H3;3*1H;/q-1;;;;+4/p-3. The summed E-state index contributed by atoms with van der Waals surface area (Å²) in [6.07, 6.45) is 9.39. The fraction of sp³-hybridized carbons (Fsp3) is 0.333. The molecule has 4 heteroatoms. The van der Waals surface area contributed by atoms with Crippen LogP contribution in [0.5, 0.6) is 0 Å². The number of hydrogen-bond donors (Lipinski definition) is 0. The molecule has 0 saturated heterocycles. The first-order valence-electron chi connectivity index (χ1n) is 12.3. The summed E-state index contributed by atoms with van der Waals surface area (Å²) < 4.78 is 0. The maximum absolute atomic E-state index is 3.87. The minimum Gasteiger partial charge on any atom is -1.00 e. The van der Waals surface area contributed by atoms with Crippen LogP contribution >= 0.6 is 0 Å². The van der Waals surface area contributed by atoms with Gasteiger partial charge in [-0.15, -0.1) is 6.42 Å². The van der Waals surface area contributed by atoms with E-state index in [1.165, 1.54) is 61.2 Å². The molecule has 0 aliphatic heterocycles. The molecule has 4 rings (SSSR count). The summed E-state index contributed by atoms with van der Waals surface area (Å²) in [6.45, 7) is 15.6. The predicted octanol–water partition coefficient (Wildman–Crippen LogP) is -0.259. The number of hydrogen-bond acceptors (Lipinski definition) is 0. The predicted molar refractivity (Wildman–Crippen MR) is 142 cm³/mol. The molecule has 3 aromatic rings. The molecule has 0 nitrogen and oxygen atoms in total. The minimum absolute atomic E-state index is 0. The minimum atomic E-state index is -0.387. The maximum Gasteiger partial charge on any atom is 4.00 e. The van der Waals surface area contributed by atoms with Crippen molar-refractivity contribution >= 4 is 0 Å². The zero-order valence-electron chi connectivity index (χ0n) is 23.0. The monoisotopic (exact) mass is 586 g/mol. The second kappa shape index (κ2) is 14.8. The molecule has 194 valence electrons. The Labute approximate surface area is 258 Å². The molecule has 0 heterocycles. The van der Waals surface area contributed by atoms with Gasteiger partial charge in [-0.2, -0.15) is 11.6 Å². The Hall–Kier alpha value is -1.28. The molecule has 1 aliphatic carbocycles. The average Bonchev–Trinajstić information content (AvgIpc) is 3.15. The second-order valence-corrected chi connectivity index (χ2v) is 10.1. The quantitative estimate of drug-likeness (QED) is 0.212. The molecule has 3 aromatic carbocycles. The number of halogens is 3. The van der Waals surface area contributed by atoms with Gasteiger partial charge in [-0.1, -0.05) is 108 Å². The number of rotatable bonds is 6. The first-order chi connectivity index (χ1) is 15.7. The molecule has 1 aliphatic rings.